The second-order valence-corrected chi connectivity index (χ2v) is 8.05. The highest BCUT2D eigenvalue weighted by atomic mass is 79.9. The molecular weight excluding hydrogens is 360 g/mol. The largest absolute Gasteiger partial charge is 0.264 e. The first-order valence-corrected chi connectivity index (χ1v) is 7.40. The van der Waals surface area contributed by atoms with Crippen LogP contribution in [-0.4, -0.2) is 5.84 Å². The number of quaternary nitrogens is 1. The molecule has 0 amide bonds. The lowest BCUT2D eigenvalue weighted by Gasteiger charge is -2.08. The van der Waals surface area contributed by atoms with Gasteiger partial charge in [0.05, 0.1) is 18.0 Å². The minimum Gasteiger partial charge on any atom is -0.264 e. The first-order chi connectivity index (χ1) is 7.15. The van der Waals surface area contributed by atoms with Crippen LogP contribution in [0.5, 0.6) is 0 Å². The van der Waals surface area contributed by atoms with Crippen molar-refractivity contribution >= 4 is 66.1 Å². The van der Waals surface area contributed by atoms with Crippen molar-refractivity contribution in [2.24, 2.45) is 0 Å². The maximum Gasteiger partial charge on any atom is 0.230 e. The molecule has 2 aromatic rings. The third-order valence-electron chi connectivity index (χ3n) is 2.23. The maximum atomic E-state index is 7.94. The predicted octanol–water partition coefficient (Wildman–Crippen LogP) is 3.54. The minimum absolute atomic E-state index is 0.602. The standard InChI is InChI=1S/C9H4Br2N2S2/c10-5-1-3-7(14-5)8-4(13-9(3)12)2-6(11)15-8/h1-2H,(H2,12,13)/p+1. The molecule has 3 heterocycles. The third kappa shape index (κ3) is 1.55. The molecule has 15 heavy (non-hydrogen) atoms. The molecule has 0 fully saturated rings. The molecule has 2 nitrogen and oxygen atoms in total. The average Bonchev–Trinajstić information content (AvgIpc) is 2.68. The van der Waals surface area contributed by atoms with E-state index in [1.165, 1.54) is 9.75 Å². The van der Waals surface area contributed by atoms with E-state index in [1.54, 1.807) is 22.7 Å². The summed E-state index contributed by atoms with van der Waals surface area (Å²) < 4.78 is 2.21. The van der Waals surface area contributed by atoms with Gasteiger partial charge in [0.2, 0.25) is 5.84 Å². The van der Waals surface area contributed by atoms with Crippen molar-refractivity contribution in [2.45, 2.75) is 0 Å². The molecule has 0 saturated carbocycles. The molecule has 0 saturated heterocycles. The topological polar surface area (TPSA) is 40.5 Å². The van der Waals surface area contributed by atoms with E-state index in [9.17, 15) is 0 Å². The van der Waals surface area contributed by atoms with E-state index < -0.39 is 0 Å². The van der Waals surface area contributed by atoms with Gasteiger partial charge in [-0.3, -0.25) is 5.32 Å². The van der Waals surface area contributed by atoms with Crippen LogP contribution in [0.2, 0.25) is 0 Å². The van der Waals surface area contributed by atoms with Crippen molar-refractivity contribution in [3.63, 3.8) is 0 Å². The number of nitrogens with one attached hydrogen (secondary N) is 1. The first-order valence-electron chi connectivity index (χ1n) is 4.18. The van der Waals surface area contributed by atoms with Crippen LogP contribution in [0.1, 0.15) is 5.56 Å². The average molecular weight is 365 g/mol. The van der Waals surface area contributed by atoms with Gasteiger partial charge >= 0.3 is 0 Å². The highest BCUT2D eigenvalue weighted by molar-refractivity contribution is 9.11. The Bertz CT molecular complexity index is 571. The number of amidine groups is 1. The molecule has 3 N–H and O–H groups in total. The minimum atomic E-state index is 0.602. The van der Waals surface area contributed by atoms with Crippen LogP contribution in [0.25, 0.3) is 9.75 Å². The SMILES string of the molecule is N=C1[NH2+]c2cc(Br)sc2-c2sc(Br)cc21. The summed E-state index contributed by atoms with van der Waals surface area (Å²) in [7, 11) is 0. The van der Waals surface area contributed by atoms with E-state index in [-0.39, 0.29) is 0 Å². The number of nitrogen functional groups attached to an aromatic ring is 1. The van der Waals surface area contributed by atoms with Gasteiger partial charge in [0.15, 0.2) is 5.69 Å². The Morgan fingerprint density at radius 1 is 1.07 bits per heavy atom. The van der Waals surface area contributed by atoms with Gasteiger partial charge in [-0.05, 0) is 37.9 Å². The molecule has 0 radical (unpaired) electrons. The molecule has 0 aromatic carbocycles. The zero-order valence-corrected chi connectivity index (χ0v) is 12.1. The lowest BCUT2D eigenvalue weighted by atomic mass is 10.1. The number of thiophene rings is 2. The molecular formula is C9H5Br2N2S2+. The van der Waals surface area contributed by atoms with Gasteiger partial charge in [-0.15, -0.1) is 22.7 Å². The van der Waals surface area contributed by atoms with E-state index in [1.807, 2.05) is 11.4 Å². The van der Waals surface area contributed by atoms with Crippen molar-refractivity contribution in [1.82, 2.24) is 0 Å². The molecule has 0 atom stereocenters. The normalized spacial score (nSPS) is 13.9. The van der Waals surface area contributed by atoms with E-state index >= 15 is 0 Å². The molecule has 0 unspecified atom stereocenters. The van der Waals surface area contributed by atoms with Crippen molar-refractivity contribution in [3.05, 3.63) is 25.3 Å². The van der Waals surface area contributed by atoms with Crippen LogP contribution < -0.4 is 5.32 Å². The van der Waals surface area contributed by atoms with Crippen LogP contribution in [0.15, 0.2) is 19.7 Å². The summed E-state index contributed by atoms with van der Waals surface area (Å²) >= 11 is 10.4. The summed E-state index contributed by atoms with van der Waals surface area (Å²) in [5, 5.41) is 9.87. The van der Waals surface area contributed by atoms with Gasteiger partial charge in [-0.25, -0.2) is 5.41 Å². The lowest BCUT2D eigenvalue weighted by molar-refractivity contribution is -0.443. The summed E-state index contributed by atoms with van der Waals surface area (Å²) in [4.78, 5) is 2.48. The Labute approximate surface area is 111 Å². The monoisotopic (exact) mass is 363 g/mol. The lowest BCUT2D eigenvalue weighted by Crippen LogP contribution is -2.83. The Morgan fingerprint density at radius 2 is 1.73 bits per heavy atom. The van der Waals surface area contributed by atoms with Gasteiger partial charge < -0.3 is 0 Å². The van der Waals surface area contributed by atoms with Gasteiger partial charge in [-0.2, -0.15) is 0 Å². The fourth-order valence-electron chi connectivity index (χ4n) is 1.62. The van der Waals surface area contributed by atoms with Gasteiger partial charge in [-0.1, -0.05) is 0 Å². The molecule has 1 aliphatic heterocycles. The molecule has 0 aliphatic carbocycles. The van der Waals surface area contributed by atoms with Gasteiger partial charge in [0.1, 0.15) is 4.88 Å². The second-order valence-electron chi connectivity index (χ2n) is 3.19. The van der Waals surface area contributed by atoms with E-state index in [0.29, 0.717) is 5.84 Å². The molecule has 0 bridgehead atoms. The highest BCUT2D eigenvalue weighted by Gasteiger charge is 2.28. The van der Waals surface area contributed by atoms with Crippen LogP contribution in [0.4, 0.5) is 5.69 Å². The van der Waals surface area contributed by atoms with Crippen LogP contribution in [0.3, 0.4) is 0 Å². The zero-order valence-electron chi connectivity index (χ0n) is 7.30. The van der Waals surface area contributed by atoms with E-state index in [2.05, 4.69) is 37.9 Å². The molecule has 6 heteroatoms. The number of hydrogen-bond acceptors (Lipinski definition) is 3. The third-order valence-corrected chi connectivity index (χ3v) is 5.69. The Balaban J connectivity index is 2.33. The van der Waals surface area contributed by atoms with Crippen LogP contribution in [0, 0.1) is 5.41 Å². The van der Waals surface area contributed by atoms with Gasteiger partial charge in [0.25, 0.3) is 0 Å². The smallest absolute Gasteiger partial charge is 0.230 e. The van der Waals surface area contributed by atoms with E-state index in [0.717, 1.165) is 18.8 Å². The number of halogens is 2. The Hall–Kier alpha value is -0.0100. The van der Waals surface area contributed by atoms with Crippen molar-refractivity contribution in [1.29, 1.82) is 5.41 Å². The number of hydrogen-bond donors (Lipinski definition) is 2. The van der Waals surface area contributed by atoms with Crippen molar-refractivity contribution in [2.75, 3.05) is 0 Å². The number of fused-ring (bicyclic) bond motifs is 3. The van der Waals surface area contributed by atoms with Crippen molar-refractivity contribution in [3.8, 4) is 9.75 Å². The summed E-state index contributed by atoms with van der Waals surface area (Å²) in [5.41, 5.74) is 2.19. The van der Waals surface area contributed by atoms with Gasteiger partial charge in [0, 0.05) is 6.07 Å². The zero-order chi connectivity index (χ0) is 10.6. The fraction of sp³-hybridized carbons (Fsp3) is 0. The molecule has 1 aliphatic rings. The van der Waals surface area contributed by atoms with E-state index in [4.69, 9.17) is 5.41 Å². The predicted molar refractivity (Wildman–Crippen MR) is 71.4 cm³/mol. The fourth-order valence-corrected chi connectivity index (χ4v) is 5.00. The molecule has 2 aromatic heterocycles. The van der Waals surface area contributed by atoms with Crippen molar-refractivity contribution < 1.29 is 5.32 Å². The highest BCUT2D eigenvalue weighted by Crippen LogP contribution is 2.45. The summed E-state index contributed by atoms with van der Waals surface area (Å²) in [6.07, 6.45) is 0. The number of rotatable bonds is 0. The quantitative estimate of drug-likeness (QED) is 0.717. The maximum absolute atomic E-state index is 7.94. The second kappa shape index (κ2) is 3.49. The first kappa shape index (κ1) is 10.2. The van der Waals surface area contributed by atoms with Crippen LogP contribution in [-0.2, 0) is 0 Å². The van der Waals surface area contributed by atoms with Crippen LogP contribution >= 0.6 is 54.5 Å². The Morgan fingerprint density at radius 3 is 2.53 bits per heavy atom. The number of nitrogens with two attached hydrogens (primary N) is 1. The molecule has 3 rings (SSSR count). The molecule has 76 valence electrons. The molecule has 0 spiro atoms. The summed E-state index contributed by atoms with van der Waals surface area (Å²) in [6, 6.07) is 4.10. The summed E-state index contributed by atoms with van der Waals surface area (Å²) in [5.74, 6) is 0.602. The summed E-state index contributed by atoms with van der Waals surface area (Å²) in [6.45, 7) is 0. The Kier molecular flexibility index (Phi) is 2.37.